The molecule has 1 unspecified atom stereocenters. The second-order valence-electron chi connectivity index (χ2n) is 8.55. The van der Waals surface area contributed by atoms with Crippen molar-refractivity contribution in [3.05, 3.63) is 94.0 Å². The van der Waals surface area contributed by atoms with Crippen LogP contribution in [0.4, 0.5) is 13.2 Å². The number of benzene rings is 3. The van der Waals surface area contributed by atoms with Gasteiger partial charge >= 0.3 is 6.18 Å². The molecule has 194 valence electrons. The van der Waals surface area contributed by atoms with Crippen LogP contribution in [-0.2, 0) is 16.2 Å². The summed E-state index contributed by atoms with van der Waals surface area (Å²) >= 11 is 0. The van der Waals surface area contributed by atoms with Gasteiger partial charge in [-0.15, -0.1) is 0 Å². The monoisotopic (exact) mass is 531 g/mol. The molecule has 0 amide bonds. The quantitative estimate of drug-likeness (QED) is 0.346. The number of alkyl halides is 3. The van der Waals surface area contributed by atoms with Crippen LogP contribution in [0.1, 0.15) is 29.9 Å². The first-order valence-corrected chi connectivity index (χ1v) is 12.6. The van der Waals surface area contributed by atoms with Gasteiger partial charge in [0.05, 0.1) is 40.2 Å². The van der Waals surface area contributed by atoms with Crippen LogP contribution in [-0.4, -0.2) is 36.4 Å². The molecule has 0 N–H and O–H groups in total. The van der Waals surface area contributed by atoms with Crippen molar-refractivity contribution in [3.8, 4) is 11.4 Å². The molecule has 1 atom stereocenters. The highest BCUT2D eigenvalue weighted by molar-refractivity contribution is 7.89. The fourth-order valence-electron chi connectivity index (χ4n) is 3.93. The molecule has 0 saturated carbocycles. The molecule has 0 aliphatic rings. The Hall–Kier alpha value is -3.70. The third-order valence-corrected chi connectivity index (χ3v) is 8.10. The van der Waals surface area contributed by atoms with Crippen molar-refractivity contribution >= 4 is 20.9 Å². The lowest BCUT2D eigenvalue weighted by atomic mass is 10.1. The lowest BCUT2D eigenvalue weighted by Gasteiger charge is -2.26. The zero-order valence-corrected chi connectivity index (χ0v) is 21.3. The molecule has 1 heterocycles. The van der Waals surface area contributed by atoms with E-state index in [0.29, 0.717) is 22.3 Å². The highest BCUT2D eigenvalue weighted by Crippen LogP contribution is 2.32. The van der Waals surface area contributed by atoms with E-state index >= 15 is 0 Å². The number of ether oxygens (including phenoxy) is 1. The SMILES string of the molecule is COc1ccc(-n2c(C(C)N(C)S(=O)(=O)c3ccc(C(F)(F)F)cc3)nc3cc(C)ccc3c2=O)cc1. The van der Waals surface area contributed by atoms with Crippen LogP contribution in [0.5, 0.6) is 5.75 Å². The van der Waals surface area contributed by atoms with Crippen LogP contribution in [0.25, 0.3) is 16.6 Å². The average molecular weight is 532 g/mol. The largest absolute Gasteiger partial charge is 0.497 e. The molecule has 7 nitrogen and oxygen atoms in total. The van der Waals surface area contributed by atoms with Crippen molar-refractivity contribution in [2.24, 2.45) is 0 Å². The van der Waals surface area contributed by atoms with Gasteiger partial charge in [0.25, 0.3) is 5.56 Å². The number of rotatable bonds is 6. The topological polar surface area (TPSA) is 81.5 Å². The molecule has 0 fully saturated rings. The maximum absolute atomic E-state index is 13.6. The molecule has 0 aliphatic carbocycles. The van der Waals surface area contributed by atoms with Gasteiger partial charge in [0.1, 0.15) is 11.6 Å². The minimum atomic E-state index is -4.59. The molecule has 0 aliphatic heterocycles. The fourth-order valence-corrected chi connectivity index (χ4v) is 5.25. The minimum Gasteiger partial charge on any atom is -0.497 e. The summed E-state index contributed by atoms with van der Waals surface area (Å²) in [6.45, 7) is 3.41. The van der Waals surface area contributed by atoms with Gasteiger partial charge in [-0.05, 0) is 80.1 Å². The van der Waals surface area contributed by atoms with Crippen molar-refractivity contribution in [1.82, 2.24) is 13.9 Å². The predicted octanol–water partition coefficient (Wildman–Crippen LogP) is 5.10. The Balaban J connectivity index is 1.86. The Morgan fingerprint density at radius 3 is 2.19 bits per heavy atom. The van der Waals surface area contributed by atoms with Crippen LogP contribution >= 0.6 is 0 Å². The van der Waals surface area contributed by atoms with Crippen LogP contribution in [0.15, 0.2) is 76.4 Å². The first-order valence-electron chi connectivity index (χ1n) is 11.2. The van der Waals surface area contributed by atoms with E-state index in [4.69, 9.17) is 4.74 Å². The number of aryl methyl sites for hydroxylation is 1. The molecule has 0 radical (unpaired) electrons. The first-order chi connectivity index (χ1) is 17.3. The molecule has 3 aromatic carbocycles. The minimum absolute atomic E-state index is 0.145. The van der Waals surface area contributed by atoms with E-state index in [1.165, 1.54) is 18.7 Å². The fraction of sp³-hybridized carbons (Fsp3) is 0.231. The summed E-state index contributed by atoms with van der Waals surface area (Å²) in [5.41, 5.74) is 0.366. The number of sulfonamides is 1. The number of hydrogen-bond acceptors (Lipinski definition) is 5. The predicted molar refractivity (Wildman–Crippen MR) is 133 cm³/mol. The van der Waals surface area contributed by atoms with E-state index in [0.717, 1.165) is 34.1 Å². The number of hydrogen-bond donors (Lipinski definition) is 0. The van der Waals surface area contributed by atoms with Gasteiger partial charge in [0.15, 0.2) is 0 Å². The highest BCUT2D eigenvalue weighted by atomic mass is 32.2. The van der Waals surface area contributed by atoms with E-state index in [9.17, 15) is 26.4 Å². The van der Waals surface area contributed by atoms with E-state index in [1.807, 2.05) is 6.92 Å². The van der Waals surface area contributed by atoms with E-state index in [-0.39, 0.29) is 10.7 Å². The number of fused-ring (bicyclic) bond motifs is 1. The lowest BCUT2D eigenvalue weighted by Crippen LogP contribution is -2.35. The molecule has 11 heteroatoms. The number of halogens is 3. The Kier molecular flexibility index (Phi) is 6.87. The van der Waals surface area contributed by atoms with Gasteiger partial charge in [-0.25, -0.2) is 13.4 Å². The molecular weight excluding hydrogens is 507 g/mol. The molecule has 0 saturated heterocycles. The molecule has 4 aromatic rings. The van der Waals surface area contributed by atoms with Crippen molar-refractivity contribution in [3.63, 3.8) is 0 Å². The highest BCUT2D eigenvalue weighted by Gasteiger charge is 2.33. The first kappa shape index (κ1) is 26.4. The molecule has 0 spiro atoms. The van der Waals surface area contributed by atoms with E-state index in [2.05, 4.69) is 4.98 Å². The normalized spacial score (nSPS) is 13.2. The van der Waals surface area contributed by atoms with Crippen LogP contribution in [0, 0.1) is 6.92 Å². The van der Waals surface area contributed by atoms with Gasteiger partial charge in [-0.3, -0.25) is 9.36 Å². The standard InChI is InChI=1S/C26H24F3N3O4S/c1-16-5-14-22-23(15-16)30-24(32(25(22)33)19-8-10-20(36-4)11-9-19)17(2)31(3)37(34,35)21-12-6-18(7-13-21)26(27,28)29/h5-15,17H,1-4H3. The van der Waals surface area contributed by atoms with Gasteiger partial charge in [-0.2, -0.15) is 17.5 Å². The van der Waals surface area contributed by atoms with Crippen molar-refractivity contribution in [2.75, 3.05) is 14.2 Å². The van der Waals surface area contributed by atoms with Crippen LogP contribution < -0.4 is 10.3 Å². The second kappa shape index (κ2) is 9.64. The van der Waals surface area contributed by atoms with Crippen molar-refractivity contribution in [1.29, 1.82) is 0 Å². The zero-order valence-electron chi connectivity index (χ0n) is 20.4. The molecule has 1 aromatic heterocycles. The van der Waals surface area contributed by atoms with Gasteiger partial charge in [0, 0.05) is 7.05 Å². The summed E-state index contributed by atoms with van der Waals surface area (Å²) < 4.78 is 73.1. The number of aromatic nitrogens is 2. The summed E-state index contributed by atoms with van der Waals surface area (Å²) in [6, 6.07) is 14.1. The Morgan fingerprint density at radius 2 is 1.62 bits per heavy atom. The van der Waals surface area contributed by atoms with Crippen LogP contribution in [0.3, 0.4) is 0 Å². The summed E-state index contributed by atoms with van der Waals surface area (Å²) in [6.07, 6.45) is -4.59. The average Bonchev–Trinajstić information content (AvgIpc) is 2.87. The van der Waals surface area contributed by atoms with Crippen LogP contribution in [0.2, 0.25) is 0 Å². The smallest absolute Gasteiger partial charge is 0.416 e. The number of methoxy groups -OCH3 is 1. The van der Waals surface area contributed by atoms with Gasteiger partial charge in [-0.1, -0.05) is 6.07 Å². The molecule has 0 bridgehead atoms. The summed E-state index contributed by atoms with van der Waals surface area (Å²) in [4.78, 5) is 18.0. The molecular formula is C26H24F3N3O4S. The summed E-state index contributed by atoms with van der Waals surface area (Å²) in [7, 11) is -1.44. The Labute approximate surface area is 211 Å². The third kappa shape index (κ3) is 4.96. The second-order valence-corrected chi connectivity index (χ2v) is 10.5. The molecule has 4 rings (SSSR count). The molecule has 37 heavy (non-hydrogen) atoms. The van der Waals surface area contributed by atoms with Crippen molar-refractivity contribution in [2.45, 2.75) is 31.0 Å². The van der Waals surface area contributed by atoms with Gasteiger partial charge in [0.2, 0.25) is 10.0 Å². The zero-order chi connectivity index (χ0) is 27.1. The van der Waals surface area contributed by atoms with E-state index in [1.54, 1.807) is 49.4 Å². The Morgan fingerprint density at radius 1 is 1.00 bits per heavy atom. The maximum Gasteiger partial charge on any atom is 0.416 e. The van der Waals surface area contributed by atoms with E-state index < -0.39 is 33.4 Å². The van der Waals surface area contributed by atoms with Crippen molar-refractivity contribution < 1.29 is 26.3 Å². The number of nitrogens with zero attached hydrogens (tertiary/aromatic N) is 3. The maximum atomic E-state index is 13.6. The third-order valence-electron chi connectivity index (χ3n) is 6.16. The summed E-state index contributed by atoms with van der Waals surface area (Å²) in [5.74, 6) is 0.712. The Bertz CT molecular complexity index is 1610. The summed E-state index contributed by atoms with van der Waals surface area (Å²) in [5, 5.41) is 0.352. The van der Waals surface area contributed by atoms with Gasteiger partial charge < -0.3 is 4.74 Å². The lowest BCUT2D eigenvalue weighted by molar-refractivity contribution is -0.137.